The van der Waals surface area contributed by atoms with E-state index in [9.17, 15) is 0 Å². The summed E-state index contributed by atoms with van der Waals surface area (Å²) in [6, 6.07) is 44.6. The molecule has 0 nitrogen and oxygen atoms in total. The van der Waals surface area contributed by atoms with Crippen molar-refractivity contribution < 1.29 is 0 Å². The molecule has 2 aliphatic carbocycles. The molecule has 0 radical (unpaired) electrons. The van der Waals surface area contributed by atoms with E-state index >= 15 is 0 Å². The zero-order valence-corrected chi connectivity index (χ0v) is 28.9. The van der Waals surface area contributed by atoms with Gasteiger partial charge in [-0.05, 0) is 77.9 Å². The van der Waals surface area contributed by atoms with Crippen molar-refractivity contribution in [2.24, 2.45) is 0 Å². The van der Waals surface area contributed by atoms with Gasteiger partial charge in [-0.25, -0.2) is 0 Å². The molecule has 0 N–H and O–H groups in total. The second kappa shape index (κ2) is 11.0. The topological polar surface area (TPSA) is 0 Å². The average molecular weight is 601 g/mol. The smallest absolute Gasteiger partial charge is 0.0415 e. The molecule has 0 aromatic heterocycles. The van der Waals surface area contributed by atoms with Crippen molar-refractivity contribution in [1.29, 1.82) is 0 Å². The molecule has 0 amide bonds. The van der Waals surface area contributed by atoms with E-state index in [0.29, 0.717) is 5.92 Å². The minimum absolute atomic E-state index is 0.0408. The second-order valence-electron chi connectivity index (χ2n) is 16.0. The molecule has 0 heteroatoms. The van der Waals surface area contributed by atoms with Gasteiger partial charge in [0.2, 0.25) is 0 Å². The van der Waals surface area contributed by atoms with Crippen LogP contribution in [0.4, 0.5) is 0 Å². The zero-order valence-electron chi connectivity index (χ0n) is 28.9. The monoisotopic (exact) mass is 600 g/mol. The standard InChI is InChI=1S/C46H48/c1-30(2)35-20-15-21-39-36(35)26-27-42(39)46(31-16-11-9-12-17-31,32-18-13-10-14-19-32)43-40-28-33(44(3,4)5)22-24-37(40)38-25-23-34(29-41(38)43)45(6,7)8/h9-30,42-43H,1-8H3. The lowest BCUT2D eigenvalue weighted by Crippen LogP contribution is -2.40. The molecule has 0 aliphatic heterocycles. The number of benzene rings is 5. The predicted octanol–water partition coefficient (Wildman–Crippen LogP) is 12.3. The molecular weight excluding hydrogens is 553 g/mol. The molecule has 46 heavy (non-hydrogen) atoms. The van der Waals surface area contributed by atoms with Gasteiger partial charge in [0.1, 0.15) is 0 Å². The normalized spacial score (nSPS) is 16.1. The van der Waals surface area contributed by atoms with E-state index < -0.39 is 5.41 Å². The van der Waals surface area contributed by atoms with Crippen LogP contribution in [-0.2, 0) is 16.2 Å². The minimum Gasteiger partial charge on any atom is -0.0751 e. The Morgan fingerprint density at radius 3 is 1.46 bits per heavy atom. The average Bonchev–Trinajstić information content (AvgIpc) is 3.61. The van der Waals surface area contributed by atoms with Gasteiger partial charge in [0.25, 0.3) is 0 Å². The van der Waals surface area contributed by atoms with Gasteiger partial charge in [-0.3, -0.25) is 0 Å². The lowest BCUT2D eigenvalue weighted by Gasteiger charge is -2.46. The van der Waals surface area contributed by atoms with Crippen molar-refractivity contribution in [2.75, 3.05) is 0 Å². The molecule has 5 aromatic rings. The number of hydrogen-bond donors (Lipinski definition) is 0. The van der Waals surface area contributed by atoms with Crippen LogP contribution in [0.2, 0.25) is 0 Å². The SMILES string of the molecule is CC(C)c1cccc2c1C=CC2C(c1ccccc1)(c1ccccc1)C1c2cc(C(C)(C)C)ccc2-c2ccc(C(C)(C)C)cc21. The van der Waals surface area contributed by atoms with Crippen molar-refractivity contribution in [2.45, 2.75) is 89.4 Å². The van der Waals surface area contributed by atoms with E-state index in [1.165, 1.54) is 61.2 Å². The lowest BCUT2D eigenvalue weighted by atomic mass is 9.55. The van der Waals surface area contributed by atoms with E-state index in [0.717, 1.165) is 0 Å². The highest BCUT2D eigenvalue weighted by atomic mass is 14.5. The molecule has 232 valence electrons. The van der Waals surface area contributed by atoms with Crippen LogP contribution in [0.5, 0.6) is 0 Å². The van der Waals surface area contributed by atoms with Gasteiger partial charge in [0.15, 0.2) is 0 Å². The molecule has 0 bridgehead atoms. The van der Waals surface area contributed by atoms with Crippen molar-refractivity contribution in [3.63, 3.8) is 0 Å². The Balaban J connectivity index is 1.64. The molecule has 1 unspecified atom stereocenters. The summed E-state index contributed by atoms with van der Waals surface area (Å²) in [4.78, 5) is 0. The summed E-state index contributed by atoms with van der Waals surface area (Å²) >= 11 is 0. The number of fused-ring (bicyclic) bond motifs is 4. The fourth-order valence-corrected chi connectivity index (χ4v) is 8.41. The van der Waals surface area contributed by atoms with Crippen molar-refractivity contribution >= 4 is 6.08 Å². The fourth-order valence-electron chi connectivity index (χ4n) is 8.41. The Morgan fingerprint density at radius 2 is 1.00 bits per heavy atom. The minimum atomic E-state index is -0.396. The van der Waals surface area contributed by atoms with E-state index in [1.807, 2.05) is 0 Å². The third-order valence-corrected chi connectivity index (χ3v) is 10.8. The van der Waals surface area contributed by atoms with E-state index in [2.05, 4.69) is 183 Å². The molecular formula is C46H48. The molecule has 0 saturated carbocycles. The highest BCUT2D eigenvalue weighted by Crippen LogP contribution is 2.63. The Morgan fingerprint density at radius 1 is 0.500 bits per heavy atom. The highest BCUT2D eigenvalue weighted by molar-refractivity contribution is 5.83. The van der Waals surface area contributed by atoms with E-state index in [1.54, 1.807) is 0 Å². The van der Waals surface area contributed by atoms with Crippen LogP contribution in [0, 0.1) is 0 Å². The van der Waals surface area contributed by atoms with Gasteiger partial charge in [0, 0.05) is 17.3 Å². The zero-order chi connectivity index (χ0) is 32.4. The lowest BCUT2D eigenvalue weighted by molar-refractivity contribution is 0.415. The molecule has 0 saturated heterocycles. The van der Waals surface area contributed by atoms with Crippen molar-refractivity contribution in [1.82, 2.24) is 0 Å². The number of rotatable bonds is 5. The maximum atomic E-state index is 2.56. The summed E-state index contributed by atoms with van der Waals surface area (Å²) in [7, 11) is 0. The first-order valence-electron chi connectivity index (χ1n) is 17.1. The molecule has 0 fully saturated rings. The quantitative estimate of drug-likeness (QED) is 0.188. The predicted molar refractivity (Wildman–Crippen MR) is 197 cm³/mol. The van der Waals surface area contributed by atoms with Crippen LogP contribution >= 0.6 is 0 Å². The third kappa shape index (κ3) is 4.72. The Kier molecular flexibility index (Phi) is 7.28. The number of hydrogen-bond acceptors (Lipinski definition) is 0. The summed E-state index contributed by atoms with van der Waals surface area (Å²) in [5, 5.41) is 0. The molecule has 1 atom stereocenters. The van der Waals surface area contributed by atoms with E-state index in [-0.39, 0.29) is 22.7 Å². The Labute approximate surface area is 277 Å². The summed E-state index contributed by atoms with van der Waals surface area (Å²) in [5.74, 6) is 0.708. The first-order valence-corrected chi connectivity index (χ1v) is 17.1. The molecule has 0 spiro atoms. The van der Waals surface area contributed by atoms with Crippen LogP contribution in [0.25, 0.3) is 17.2 Å². The fraction of sp³-hybridized carbons (Fsp3) is 0.304. The number of allylic oxidation sites excluding steroid dienone is 1. The first-order chi connectivity index (χ1) is 21.9. The first kappa shape index (κ1) is 30.5. The largest absolute Gasteiger partial charge is 0.0751 e. The van der Waals surface area contributed by atoms with Crippen LogP contribution in [0.15, 0.2) is 121 Å². The summed E-state index contributed by atoms with van der Waals surface area (Å²) in [5.41, 5.74) is 15.1. The van der Waals surface area contributed by atoms with Gasteiger partial charge < -0.3 is 0 Å². The summed E-state index contributed by atoms with van der Waals surface area (Å²) in [6.07, 6.45) is 4.97. The van der Waals surface area contributed by atoms with Gasteiger partial charge in [-0.15, -0.1) is 0 Å². The van der Waals surface area contributed by atoms with Crippen LogP contribution in [0.1, 0.15) is 123 Å². The molecule has 2 aliphatic rings. The molecule has 7 rings (SSSR count). The maximum Gasteiger partial charge on any atom is 0.0415 e. The van der Waals surface area contributed by atoms with Crippen LogP contribution in [-0.4, -0.2) is 0 Å². The van der Waals surface area contributed by atoms with E-state index in [4.69, 9.17) is 0 Å². The summed E-state index contributed by atoms with van der Waals surface area (Å²) < 4.78 is 0. The maximum absolute atomic E-state index is 2.56. The van der Waals surface area contributed by atoms with Crippen molar-refractivity contribution in [3.8, 4) is 11.1 Å². The van der Waals surface area contributed by atoms with Crippen LogP contribution in [0.3, 0.4) is 0 Å². The molecule has 0 heterocycles. The van der Waals surface area contributed by atoms with Gasteiger partial charge in [0.05, 0.1) is 0 Å². The highest BCUT2D eigenvalue weighted by Gasteiger charge is 2.53. The van der Waals surface area contributed by atoms with Crippen molar-refractivity contribution in [3.05, 3.63) is 171 Å². The van der Waals surface area contributed by atoms with Gasteiger partial charge in [-0.2, -0.15) is 0 Å². The Bertz CT molecular complexity index is 1820. The second-order valence-corrected chi connectivity index (χ2v) is 16.0. The molecule has 5 aromatic carbocycles. The van der Waals surface area contributed by atoms with Crippen LogP contribution < -0.4 is 0 Å². The third-order valence-electron chi connectivity index (χ3n) is 10.8. The van der Waals surface area contributed by atoms with Gasteiger partial charge >= 0.3 is 0 Å². The summed E-state index contributed by atoms with van der Waals surface area (Å²) in [6.45, 7) is 18.7. The Hall–Kier alpha value is -4.16. The van der Waals surface area contributed by atoms with Gasteiger partial charge in [-0.1, -0.05) is 183 Å².